The average Bonchev–Trinajstić information content (AvgIpc) is 3.08. The van der Waals surface area contributed by atoms with Crippen molar-refractivity contribution in [2.24, 2.45) is 0 Å². The van der Waals surface area contributed by atoms with Crippen LogP contribution in [0.1, 0.15) is 5.82 Å². The first kappa shape index (κ1) is 15.4. The first-order chi connectivity index (χ1) is 12.0. The lowest BCUT2D eigenvalue weighted by molar-refractivity contribution is -0.144. The van der Waals surface area contributed by atoms with Crippen LogP contribution in [-0.4, -0.2) is 14.8 Å². The predicted octanol–water partition coefficient (Wildman–Crippen LogP) is 5.11. The molecule has 0 aliphatic carbocycles. The SMILES string of the molecule is FC(F)(F)c1nc(-c2ccc3ccccc3c2)n(-c2ccccc2)n1. The van der Waals surface area contributed by atoms with E-state index in [0.29, 0.717) is 11.3 Å². The summed E-state index contributed by atoms with van der Waals surface area (Å²) in [6, 6.07) is 21.8. The van der Waals surface area contributed by atoms with Gasteiger partial charge in [0.1, 0.15) is 0 Å². The minimum absolute atomic E-state index is 0.157. The van der Waals surface area contributed by atoms with Crippen LogP contribution in [0.3, 0.4) is 0 Å². The van der Waals surface area contributed by atoms with Crippen molar-refractivity contribution in [2.75, 3.05) is 0 Å². The van der Waals surface area contributed by atoms with Crippen LogP contribution in [0.15, 0.2) is 72.8 Å². The maximum Gasteiger partial charge on any atom is 0.453 e. The molecule has 1 heterocycles. The van der Waals surface area contributed by atoms with Crippen LogP contribution in [0.2, 0.25) is 0 Å². The Morgan fingerprint density at radius 2 is 1.44 bits per heavy atom. The van der Waals surface area contributed by atoms with Crippen molar-refractivity contribution >= 4 is 10.8 Å². The van der Waals surface area contributed by atoms with Gasteiger partial charge >= 0.3 is 6.18 Å². The first-order valence-electron chi connectivity index (χ1n) is 7.61. The van der Waals surface area contributed by atoms with Gasteiger partial charge in [0.05, 0.1) is 5.69 Å². The second-order valence-corrected chi connectivity index (χ2v) is 5.57. The molecule has 0 aliphatic heterocycles. The van der Waals surface area contributed by atoms with E-state index in [1.54, 1.807) is 36.4 Å². The summed E-state index contributed by atoms with van der Waals surface area (Å²) in [6.07, 6.45) is -4.61. The largest absolute Gasteiger partial charge is 0.453 e. The molecule has 3 aromatic carbocycles. The molecule has 0 fully saturated rings. The molecular formula is C19H12F3N3. The van der Waals surface area contributed by atoms with Gasteiger partial charge in [0.25, 0.3) is 5.82 Å². The maximum atomic E-state index is 13.1. The smallest absolute Gasteiger partial charge is 0.213 e. The number of hydrogen-bond donors (Lipinski definition) is 0. The Kier molecular flexibility index (Phi) is 3.53. The van der Waals surface area contributed by atoms with Crippen molar-refractivity contribution in [3.8, 4) is 17.1 Å². The molecule has 0 saturated heterocycles. The van der Waals surface area contributed by atoms with Crippen LogP contribution in [0, 0.1) is 0 Å². The standard InChI is InChI=1S/C19H12F3N3/c20-19(21,22)18-23-17(25(24-18)16-8-2-1-3-9-16)15-11-10-13-6-4-5-7-14(13)12-15/h1-12H. The van der Waals surface area contributed by atoms with E-state index >= 15 is 0 Å². The Balaban J connectivity index is 1.94. The quantitative estimate of drug-likeness (QED) is 0.508. The Bertz CT molecular complexity index is 1040. The number of benzene rings is 3. The second-order valence-electron chi connectivity index (χ2n) is 5.57. The van der Waals surface area contributed by atoms with E-state index in [9.17, 15) is 13.2 Å². The molecule has 0 N–H and O–H groups in total. The van der Waals surface area contributed by atoms with Crippen molar-refractivity contribution in [2.45, 2.75) is 6.18 Å². The fourth-order valence-corrected chi connectivity index (χ4v) is 2.70. The molecule has 124 valence electrons. The third kappa shape index (κ3) is 2.87. The molecular weight excluding hydrogens is 327 g/mol. The van der Waals surface area contributed by atoms with Gasteiger partial charge < -0.3 is 0 Å². The van der Waals surface area contributed by atoms with Crippen LogP contribution in [0.25, 0.3) is 27.8 Å². The number of fused-ring (bicyclic) bond motifs is 1. The highest BCUT2D eigenvalue weighted by atomic mass is 19.4. The second kappa shape index (κ2) is 5.73. The molecule has 6 heteroatoms. The number of para-hydroxylation sites is 1. The summed E-state index contributed by atoms with van der Waals surface area (Å²) in [7, 11) is 0. The van der Waals surface area contributed by atoms with Crippen LogP contribution in [-0.2, 0) is 6.18 Å². The average molecular weight is 339 g/mol. The first-order valence-corrected chi connectivity index (χ1v) is 7.61. The summed E-state index contributed by atoms with van der Waals surface area (Å²) in [5.74, 6) is -0.996. The molecule has 0 unspecified atom stereocenters. The summed E-state index contributed by atoms with van der Waals surface area (Å²) in [6.45, 7) is 0. The van der Waals surface area contributed by atoms with E-state index in [4.69, 9.17) is 0 Å². The highest BCUT2D eigenvalue weighted by molar-refractivity contribution is 5.86. The van der Waals surface area contributed by atoms with Crippen molar-refractivity contribution in [3.05, 3.63) is 78.6 Å². The molecule has 1 aromatic heterocycles. The molecule has 25 heavy (non-hydrogen) atoms. The molecule has 0 bridgehead atoms. The van der Waals surface area contributed by atoms with E-state index < -0.39 is 12.0 Å². The normalized spacial score (nSPS) is 11.8. The van der Waals surface area contributed by atoms with Crippen LogP contribution in [0.4, 0.5) is 13.2 Å². The zero-order valence-electron chi connectivity index (χ0n) is 12.9. The molecule has 0 spiro atoms. The number of alkyl halides is 3. The zero-order chi connectivity index (χ0) is 17.4. The highest BCUT2D eigenvalue weighted by Crippen LogP contribution is 2.31. The summed E-state index contributed by atoms with van der Waals surface area (Å²) < 4.78 is 40.6. The van der Waals surface area contributed by atoms with Gasteiger partial charge in [-0.25, -0.2) is 9.67 Å². The van der Waals surface area contributed by atoms with Gasteiger partial charge in [-0.15, -0.1) is 5.10 Å². The van der Waals surface area contributed by atoms with Crippen molar-refractivity contribution in [1.82, 2.24) is 14.8 Å². The van der Waals surface area contributed by atoms with Gasteiger partial charge in [0.2, 0.25) is 0 Å². The predicted molar refractivity (Wildman–Crippen MR) is 89.3 cm³/mol. The Morgan fingerprint density at radius 3 is 2.16 bits per heavy atom. The third-order valence-corrected chi connectivity index (χ3v) is 3.87. The van der Waals surface area contributed by atoms with E-state index in [-0.39, 0.29) is 5.82 Å². The highest BCUT2D eigenvalue weighted by Gasteiger charge is 2.37. The van der Waals surface area contributed by atoms with Gasteiger partial charge in [-0.05, 0) is 29.0 Å². The lowest BCUT2D eigenvalue weighted by Crippen LogP contribution is -2.08. The zero-order valence-corrected chi connectivity index (χ0v) is 12.9. The van der Waals surface area contributed by atoms with Gasteiger partial charge in [0.15, 0.2) is 5.82 Å². The van der Waals surface area contributed by atoms with Gasteiger partial charge in [-0.2, -0.15) is 13.2 Å². The van der Waals surface area contributed by atoms with Crippen molar-refractivity contribution in [1.29, 1.82) is 0 Å². The van der Waals surface area contributed by atoms with Crippen molar-refractivity contribution in [3.63, 3.8) is 0 Å². The monoisotopic (exact) mass is 339 g/mol. The van der Waals surface area contributed by atoms with Crippen LogP contribution in [0.5, 0.6) is 0 Å². The minimum Gasteiger partial charge on any atom is -0.213 e. The lowest BCUT2D eigenvalue weighted by Gasteiger charge is -2.07. The molecule has 0 radical (unpaired) electrons. The lowest BCUT2D eigenvalue weighted by atomic mass is 10.1. The summed E-state index contributed by atoms with van der Waals surface area (Å²) in [5.41, 5.74) is 1.10. The molecule has 0 atom stereocenters. The topological polar surface area (TPSA) is 30.7 Å². The molecule has 0 amide bonds. The minimum atomic E-state index is -4.61. The van der Waals surface area contributed by atoms with Gasteiger partial charge in [0, 0.05) is 5.56 Å². The Hall–Kier alpha value is -3.15. The van der Waals surface area contributed by atoms with E-state index in [2.05, 4.69) is 10.1 Å². The molecule has 0 saturated carbocycles. The van der Waals surface area contributed by atoms with E-state index in [1.807, 2.05) is 36.4 Å². The van der Waals surface area contributed by atoms with E-state index in [1.165, 1.54) is 4.68 Å². The molecule has 3 nitrogen and oxygen atoms in total. The summed E-state index contributed by atoms with van der Waals surface area (Å²) >= 11 is 0. The molecule has 4 aromatic rings. The van der Waals surface area contributed by atoms with Gasteiger partial charge in [-0.3, -0.25) is 0 Å². The molecule has 0 aliphatic rings. The summed E-state index contributed by atoms with van der Waals surface area (Å²) in [4.78, 5) is 3.76. The maximum absolute atomic E-state index is 13.1. The number of rotatable bonds is 2. The molecule has 4 rings (SSSR count). The Morgan fingerprint density at radius 1 is 0.760 bits per heavy atom. The Labute approximate surface area is 141 Å². The van der Waals surface area contributed by atoms with Crippen LogP contribution < -0.4 is 0 Å². The number of aromatic nitrogens is 3. The van der Waals surface area contributed by atoms with Crippen LogP contribution >= 0.6 is 0 Å². The number of nitrogens with zero attached hydrogens (tertiary/aromatic N) is 3. The fraction of sp³-hybridized carbons (Fsp3) is 0.0526. The number of hydrogen-bond acceptors (Lipinski definition) is 2. The van der Waals surface area contributed by atoms with E-state index in [0.717, 1.165) is 10.8 Å². The third-order valence-electron chi connectivity index (χ3n) is 3.87. The van der Waals surface area contributed by atoms with Gasteiger partial charge in [-0.1, -0.05) is 54.6 Å². The van der Waals surface area contributed by atoms with Crippen molar-refractivity contribution < 1.29 is 13.2 Å². The summed E-state index contributed by atoms with van der Waals surface area (Å²) in [5, 5.41) is 5.62. The fourth-order valence-electron chi connectivity index (χ4n) is 2.70. The number of halogens is 3.